The van der Waals surface area contributed by atoms with Gasteiger partial charge in [-0.05, 0) is 60.9 Å². The maximum atomic E-state index is 14.8. The second-order valence-electron chi connectivity index (χ2n) is 9.73. The average molecular weight is 640 g/mol. The predicted octanol–water partition coefficient (Wildman–Crippen LogP) is 9.01. The minimum absolute atomic E-state index is 0.0921. The third-order valence-electron chi connectivity index (χ3n) is 6.42. The maximum Gasteiger partial charge on any atom is 0.432 e. The van der Waals surface area contributed by atoms with Gasteiger partial charge in [0, 0.05) is 17.2 Å². The Hall–Kier alpha value is -4.71. The highest BCUT2D eigenvalue weighted by molar-refractivity contribution is 5.51. The molecular weight excluding hydrogens is 621 g/mol. The maximum absolute atomic E-state index is 14.8. The molecule has 2 aromatic carbocycles. The summed E-state index contributed by atoms with van der Waals surface area (Å²) < 4.78 is 160. The Kier molecular flexibility index (Phi) is 9.97. The zero-order chi connectivity index (χ0) is 33.1. The first-order valence-corrected chi connectivity index (χ1v) is 13.0. The van der Waals surface area contributed by atoms with E-state index in [2.05, 4.69) is 35.0 Å². The predicted molar refractivity (Wildman–Crippen MR) is 143 cm³/mol. The molecule has 2 aliphatic rings. The van der Waals surface area contributed by atoms with Gasteiger partial charge in [0.25, 0.3) is 0 Å². The summed E-state index contributed by atoms with van der Waals surface area (Å²) in [5.41, 5.74) is -3.13. The van der Waals surface area contributed by atoms with Crippen LogP contribution in [-0.4, -0.2) is 18.5 Å². The van der Waals surface area contributed by atoms with E-state index in [1.807, 2.05) is 0 Å². The molecule has 0 spiro atoms. The van der Waals surface area contributed by atoms with Gasteiger partial charge in [0.2, 0.25) is 0 Å². The van der Waals surface area contributed by atoms with Gasteiger partial charge in [0.05, 0.1) is 5.56 Å². The van der Waals surface area contributed by atoms with Gasteiger partial charge in [-0.25, -0.2) is 39.5 Å². The lowest BCUT2D eigenvalue weighted by atomic mass is 9.93. The van der Waals surface area contributed by atoms with Crippen LogP contribution >= 0.6 is 0 Å². The fourth-order valence-electron chi connectivity index (χ4n) is 4.23. The molecule has 0 heterocycles. The van der Waals surface area contributed by atoms with Crippen molar-refractivity contribution in [1.29, 1.82) is 0 Å². The van der Waals surface area contributed by atoms with Crippen molar-refractivity contribution < 1.29 is 53.0 Å². The fourth-order valence-corrected chi connectivity index (χ4v) is 4.23. The van der Waals surface area contributed by atoms with E-state index in [9.17, 15) is 48.3 Å². The molecule has 2 aromatic rings. The van der Waals surface area contributed by atoms with Crippen LogP contribution in [0.2, 0.25) is 0 Å². The highest BCUT2D eigenvalue weighted by Gasteiger charge is 2.42. The highest BCUT2D eigenvalue weighted by Crippen LogP contribution is 2.38. The molecule has 0 saturated heterocycles. The second-order valence-corrected chi connectivity index (χ2v) is 9.73. The lowest BCUT2D eigenvalue weighted by molar-refractivity contribution is -0.225. The van der Waals surface area contributed by atoms with E-state index >= 15 is 0 Å². The molecule has 0 aromatic heterocycles. The number of alkyl halides is 5. The van der Waals surface area contributed by atoms with Gasteiger partial charge < -0.3 is 4.74 Å². The first-order valence-electron chi connectivity index (χ1n) is 13.0. The number of ether oxygens (including phenoxy) is 1. The van der Waals surface area contributed by atoms with Crippen molar-refractivity contribution in [3.63, 3.8) is 0 Å². The Bertz CT molecular complexity index is 1720. The first kappa shape index (κ1) is 33.2. The molecule has 0 N–H and O–H groups in total. The van der Waals surface area contributed by atoms with E-state index < -0.39 is 87.9 Å². The number of halogens is 11. The van der Waals surface area contributed by atoms with Gasteiger partial charge in [0.1, 0.15) is 58.3 Å². The van der Waals surface area contributed by atoms with Crippen LogP contribution in [0.5, 0.6) is 0 Å². The molecular formula is C33H19F11O. The van der Waals surface area contributed by atoms with Crippen LogP contribution in [0.25, 0.3) is 0 Å². The zero-order valence-corrected chi connectivity index (χ0v) is 22.7. The summed E-state index contributed by atoms with van der Waals surface area (Å²) in [6, 6.07) is 2.77. The molecule has 0 radical (unpaired) electrons. The van der Waals surface area contributed by atoms with E-state index in [1.165, 1.54) is 0 Å². The first-order chi connectivity index (χ1) is 21.2. The van der Waals surface area contributed by atoms with Gasteiger partial charge in [-0.2, -0.15) is 8.78 Å². The largest absolute Gasteiger partial charge is 0.432 e. The quantitative estimate of drug-likeness (QED) is 0.174. The Labute approximate surface area is 250 Å². The summed E-state index contributed by atoms with van der Waals surface area (Å²) in [7, 11) is 0. The van der Waals surface area contributed by atoms with Crippen molar-refractivity contribution in [3.05, 3.63) is 130 Å². The topological polar surface area (TPSA) is 9.23 Å². The summed E-state index contributed by atoms with van der Waals surface area (Å²) in [6.07, 6.45) is -8.26. The summed E-state index contributed by atoms with van der Waals surface area (Å²) in [5.74, 6) is -3.17. The van der Waals surface area contributed by atoms with E-state index in [4.69, 9.17) is 0 Å². The van der Waals surface area contributed by atoms with Crippen molar-refractivity contribution in [3.8, 4) is 23.7 Å². The third-order valence-corrected chi connectivity index (χ3v) is 6.42. The second kappa shape index (κ2) is 13.5. The summed E-state index contributed by atoms with van der Waals surface area (Å²) >= 11 is 0. The van der Waals surface area contributed by atoms with Crippen LogP contribution in [0.4, 0.5) is 48.3 Å². The van der Waals surface area contributed by atoms with Crippen molar-refractivity contribution in [2.24, 2.45) is 5.92 Å². The van der Waals surface area contributed by atoms with E-state index in [1.54, 1.807) is 6.08 Å². The zero-order valence-electron chi connectivity index (χ0n) is 22.7. The van der Waals surface area contributed by atoms with Gasteiger partial charge in [0.15, 0.2) is 12.3 Å². The number of benzene rings is 2. The molecule has 0 saturated carbocycles. The third kappa shape index (κ3) is 7.69. The average Bonchev–Trinajstić information content (AvgIpc) is 2.93. The lowest BCUT2D eigenvalue weighted by Crippen LogP contribution is -2.25. The normalized spacial score (nSPS) is 21.2. The van der Waals surface area contributed by atoms with Gasteiger partial charge in [-0.15, -0.1) is 6.58 Å². The molecule has 234 valence electrons. The summed E-state index contributed by atoms with van der Waals surface area (Å²) in [4.78, 5) is 0. The fraction of sp³-hybridized carbons (Fsp3) is 0.212. The van der Waals surface area contributed by atoms with Crippen molar-refractivity contribution >= 4 is 0 Å². The van der Waals surface area contributed by atoms with Crippen LogP contribution in [0, 0.1) is 52.9 Å². The van der Waals surface area contributed by atoms with Gasteiger partial charge >= 0.3 is 6.11 Å². The van der Waals surface area contributed by atoms with Crippen LogP contribution in [0.15, 0.2) is 84.2 Å². The highest BCUT2D eigenvalue weighted by atomic mass is 19.3. The van der Waals surface area contributed by atoms with Crippen LogP contribution in [0.1, 0.15) is 28.7 Å². The lowest BCUT2D eigenvalue weighted by Gasteiger charge is -2.23. The van der Waals surface area contributed by atoms with Crippen molar-refractivity contribution in [1.82, 2.24) is 0 Å². The monoisotopic (exact) mass is 640 g/mol. The molecule has 0 aliphatic heterocycles. The SMILES string of the molecule is C=CCCc1cc(F)c(C#CC2=CC(F)C(C#Cc3cc(F)c(C(F)(F)OC4=CC(F)C(F)C(F)=C4)c(F)c3)C(F)=C2)c(F)c1. The molecule has 2 aliphatic carbocycles. The number of rotatable bonds is 6. The Morgan fingerprint density at radius 3 is 2.00 bits per heavy atom. The van der Waals surface area contributed by atoms with Crippen LogP contribution < -0.4 is 0 Å². The molecule has 0 bridgehead atoms. The molecule has 0 amide bonds. The minimum Gasteiger partial charge on any atom is -0.429 e. The standard InChI is InChI=1S/C33H19F11O/c1-2-3-4-17-9-23(34)21(24(35)10-17)7-5-18-11-25(36)22(26(37)12-18)8-6-19-13-27(38)31(28(39)14-19)33(43,44)45-20-15-29(40)32(42)30(41)16-20/h2,9-16,22,25,29,32H,1,3-4H2. The Balaban J connectivity index is 1.51. The van der Waals surface area contributed by atoms with Crippen molar-refractivity contribution in [2.45, 2.75) is 37.5 Å². The molecule has 4 atom stereocenters. The smallest absolute Gasteiger partial charge is 0.429 e. The molecule has 4 rings (SSSR count). The van der Waals surface area contributed by atoms with Crippen LogP contribution in [0.3, 0.4) is 0 Å². The van der Waals surface area contributed by atoms with Gasteiger partial charge in [-0.1, -0.05) is 29.8 Å². The molecule has 1 nitrogen and oxygen atoms in total. The minimum atomic E-state index is -4.82. The molecule has 45 heavy (non-hydrogen) atoms. The number of hydrogen-bond donors (Lipinski definition) is 0. The number of aryl methyl sites for hydroxylation is 1. The molecule has 12 heteroatoms. The summed E-state index contributed by atoms with van der Waals surface area (Å²) in [5, 5.41) is 0. The summed E-state index contributed by atoms with van der Waals surface area (Å²) in [6.45, 7) is 3.52. The molecule has 0 fully saturated rings. The van der Waals surface area contributed by atoms with Gasteiger partial charge in [-0.3, -0.25) is 0 Å². The Morgan fingerprint density at radius 2 is 1.42 bits per heavy atom. The number of allylic oxidation sites excluding steroid dienone is 8. The van der Waals surface area contributed by atoms with Crippen molar-refractivity contribution in [2.75, 3.05) is 0 Å². The van der Waals surface area contributed by atoms with E-state index in [0.29, 0.717) is 30.5 Å². The molecule has 4 unspecified atom stereocenters. The van der Waals surface area contributed by atoms with E-state index in [0.717, 1.165) is 24.3 Å². The van der Waals surface area contributed by atoms with Crippen LogP contribution in [-0.2, 0) is 17.3 Å². The van der Waals surface area contributed by atoms with E-state index in [-0.39, 0.29) is 17.7 Å². The number of hydrogen-bond acceptors (Lipinski definition) is 1. The Morgan fingerprint density at radius 1 is 0.778 bits per heavy atom.